The summed E-state index contributed by atoms with van der Waals surface area (Å²) in [6, 6.07) is 13.0. The predicted octanol–water partition coefficient (Wildman–Crippen LogP) is 3.94. The molecule has 4 aromatic rings. The summed E-state index contributed by atoms with van der Waals surface area (Å²) in [6.07, 6.45) is 1.78. The molecule has 0 aliphatic heterocycles. The molecule has 9 heteroatoms. The Labute approximate surface area is 164 Å². The van der Waals surface area contributed by atoms with Gasteiger partial charge >= 0.3 is 6.03 Å². The lowest BCUT2D eigenvalue weighted by Gasteiger charge is -2.07. The van der Waals surface area contributed by atoms with Crippen molar-refractivity contribution in [1.82, 2.24) is 25.3 Å². The van der Waals surface area contributed by atoms with Crippen molar-refractivity contribution in [2.45, 2.75) is 12.4 Å². The lowest BCUT2D eigenvalue weighted by atomic mass is 10.2. The minimum absolute atomic E-state index is 0.264. The fourth-order valence-corrected chi connectivity index (χ4v) is 3.40. The van der Waals surface area contributed by atoms with Crippen LogP contribution >= 0.6 is 22.9 Å². The number of alkyl halides is 1. The van der Waals surface area contributed by atoms with Gasteiger partial charge in [0, 0.05) is 11.6 Å². The van der Waals surface area contributed by atoms with E-state index in [9.17, 15) is 4.79 Å². The number of rotatable bonds is 5. The summed E-state index contributed by atoms with van der Waals surface area (Å²) in [7, 11) is 0. The second-order valence-corrected chi connectivity index (χ2v) is 6.95. The summed E-state index contributed by atoms with van der Waals surface area (Å²) in [5.74, 6) is 0.396. The number of fused-ring (bicyclic) bond motifs is 1. The monoisotopic (exact) mass is 398 g/mol. The molecule has 4 rings (SSSR count). The topological polar surface area (TPSA) is 84.7 Å². The van der Waals surface area contributed by atoms with E-state index in [1.165, 1.54) is 0 Å². The lowest BCUT2D eigenvalue weighted by Crippen LogP contribution is -2.28. The molecule has 2 heterocycles. The fraction of sp³-hybridized carbons (Fsp3) is 0.111. The Kier molecular flexibility index (Phi) is 4.99. The number of hydrogen-bond acceptors (Lipinski definition) is 5. The van der Waals surface area contributed by atoms with Crippen LogP contribution in [0.2, 0.25) is 0 Å². The second-order valence-electron chi connectivity index (χ2n) is 5.80. The summed E-state index contributed by atoms with van der Waals surface area (Å²) in [5, 5.41) is 13.8. The standard InChI is InChI=1S/C18H15ClN6OS/c19-8-12-2-1-3-13(6-12)22-18(26)20-9-14-10-25(24-23-14)15-4-5-17-16(7-15)21-11-27-17/h1-7,10-11H,8-9H2,(H2,20,22,26). The first-order chi connectivity index (χ1) is 13.2. The van der Waals surface area contributed by atoms with Crippen LogP contribution in [0.25, 0.3) is 15.9 Å². The van der Waals surface area contributed by atoms with Crippen LogP contribution < -0.4 is 10.6 Å². The van der Waals surface area contributed by atoms with Crippen LogP contribution in [-0.4, -0.2) is 26.0 Å². The van der Waals surface area contributed by atoms with E-state index < -0.39 is 0 Å². The van der Waals surface area contributed by atoms with Gasteiger partial charge < -0.3 is 10.6 Å². The quantitative estimate of drug-likeness (QED) is 0.499. The Morgan fingerprint density at radius 3 is 3.04 bits per heavy atom. The molecule has 0 saturated heterocycles. The first kappa shape index (κ1) is 17.4. The van der Waals surface area contributed by atoms with E-state index >= 15 is 0 Å². The number of carbonyl (C=O) groups excluding carboxylic acids is 1. The van der Waals surface area contributed by atoms with Gasteiger partial charge in [-0.3, -0.25) is 0 Å². The molecule has 0 aliphatic carbocycles. The number of halogens is 1. The van der Waals surface area contributed by atoms with Crippen molar-refractivity contribution in [3.63, 3.8) is 0 Å². The van der Waals surface area contributed by atoms with Crippen molar-refractivity contribution in [3.8, 4) is 5.69 Å². The summed E-state index contributed by atoms with van der Waals surface area (Å²) in [4.78, 5) is 16.4. The number of thiazole rings is 1. The highest BCUT2D eigenvalue weighted by atomic mass is 35.5. The molecule has 2 aromatic carbocycles. The Morgan fingerprint density at radius 1 is 1.22 bits per heavy atom. The van der Waals surface area contributed by atoms with Gasteiger partial charge in [-0.05, 0) is 35.9 Å². The molecule has 2 aromatic heterocycles. The molecule has 0 unspecified atom stereocenters. The van der Waals surface area contributed by atoms with E-state index in [4.69, 9.17) is 11.6 Å². The smallest absolute Gasteiger partial charge is 0.319 e. The first-order valence-electron chi connectivity index (χ1n) is 8.16. The average Bonchev–Trinajstić information content (AvgIpc) is 3.35. The van der Waals surface area contributed by atoms with Gasteiger partial charge in [0.2, 0.25) is 0 Å². The van der Waals surface area contributed by atoms with Crippen LogP contribution in [0.5, 0.6) is 0 Å². The number of carbonyl (C=O) groups is 1. The largest absolute Gasteiger partial charge is 0.332 e. The van der Waals surface area contributed by atoms with E-state index in [1.54, 1.807) is 28.3 Å². The Morgan fingerprint density at radius 2 is 2.15 bits per heavy atom. The van der Waals surface area contributed by atoms with Crippen molar-refractivity contribution >= 4 is 44.9 Å². The third kappa shape index (κ3) is 4.07. The van der Waals surface area contributed by atoms with Gasteiger partial charge in [-0.25, -0.2) is 14.5 Å². The fourth-order valence-electron chi connectivity index (χ4n) is 2.57. The normalized spacial score (nSPS) is 10.9. The second kappa shape index (κ2) is 7.73. The Hall–Kier alpha value is -2.97. The maximum atomic E-state index is 12.1. The van der Waals surface area contributed by atoms with Crippen LogP contribution in [0.1, 0.15) is 11.3 Å². The van der Waals surface area contributed by atoms with E-state index in [0.29, 0.717) is 17.3 Å². The van der Waals surface area contributed by atoms with Gasteiger partial charge in [-0.15, -0.1) is 28.0 Å². The molecule has 27 heavy (non-hydrogen) atoms. The number of anilines is 1. The molecule has 0 bridgehead atoms. The molecule has 0 radical (unpaired) electrons. The lowest BCUT2D eigenvalue weighted by molar-refractivity contribution is 0.251. The number of nitrogens with zero attached hydrogens (tertiary/aromatic N) is 4. The molecule has 0 fully saturated rings. The maximum Gasteiger partial charge on any atom is 0.319 e. The van der Waals surface area contributed by atoms with E-state index in [2.05, 4.69) is 25.9 Å². The summed E-state index contributed by atoms with van der Waals surface area (Å²) in [5.41, 5.74) is 5.88. The Bertz CT molecular complexity index is 1090. The van der Waals surface area contributed by atoms with Gasteiger partial charge in [0.15, 0.2) is 0 Å². The zero-order chi connectivity index (χ0) is 18.6. The van der Waals surface area contributed by atoms with E-state index in [0.717, 1.165) is 21.5 Å². The first-order valence-corrected chi connectivity index (χ1v) is 9.57. The van der Waals surface area contributed by atoms with Crippen molar-refractivity contribution in [2.24, 2.45) is 0 Å². The highest BCUT2D eigenvalue weighted by molar-refractivity contribution is 7.16. The van der Waals surface area contributed by atoms with Crippen molar-refractivity contribution in [2.75, 3.05) is 5.32 Å². The molecular weight excluding hydrogens is 384 g/mol. The van der Waals surface area contributed by atoms with Gasteiger partial charge in [0.1, 0.15) is 5.69 Å². The minimum Gasteiger partial charge on any atom is -0.332 e. The molecule has 0 atom stereocenters. The van der Waals surface area contributed by atoms with Crippen LogP contribution in [0.3, 0.4) is 0 Å². The van der Waals surface area contributed by atoms with Crippen LogP contribution in [0.4, 0.5) is 10.5 Å². The minimum atomic E-state index is -0.319. The van der Waals surface area contributed by atoms with Crippen molar-refractivity contribution < 1.29 is 4.79 Å². The molecule has 2 amide bonds. The summed E-state index contributed by atoms with van der Waals surface area (Å²) < 4.78 is 2.79. The highest BCUT2D eigenvalue weighted by Crippen LogP contribution is 2.20. The van der Waals surface area contributed by atoms with E-state index in [1.807, 2.05) is 41.9 Å². The van der Waals surface area contributed by atoms with Crippen LogP contribution in [0, 0.1) is 0 Å². The molecule has 0 aliphatic rings. The third-order valence-electron chi connectivity index (χ3n) is 3.89. The summed E-state index contributed by atoms with van der Waals surface area (Å²) in [6.45, 7) is 0.264. The molecule has 136 valence electrons. The highest BCUT2D eigenvalue weighted by Gasteiger charge is 2.07. The number of aromatic nitrogens is 4. The summed E-state index contributed by atoms with van der Waals surface area (Å²) >= 11 is 7.40. The van der Waals surface area contributed by atoms with Gasteiger partial charge in [0.05, 0.1) is 34.2 Å². The number of benzene rings is 2. The van der Waals surface area contributed by atoms with Gasteiger partial charge in [-0.2, -0.15) is 0 Å². The third-order valence-corrected chi connectivity index (χ3v) is 5.01. The number of nitrogens with one attached hydrogen (secondary N) is 2. The maximum absolute atomic E-state index is 12.1. The number of hydrogen-bond donors (Lipinski definition) is 2. The predicted molar refractivity (Wildman–Crippen MR) is 106 cm³/mol. The van der Waals surface area contributed by atoms with Crippen molar-refractivity contribution in [3.05, 3.63) is 65.4 Å². The zero-order valence-electron chi connectivity index (χ0n) is 14.1. The van der Waals surface area contributed by atoms with Crippen molar-refractivity contribution in [1.29, 1.82) is 0 Å². The number of amides is 2. The molecular formula is C18H15ClN6OS. The van der Waals surface area contributed by atoms with Crippen LogP contribution in [0.15, 0.2) is 54.2 Å². The van der Waals surface area contributed by atoms with Gasteiger partial charge in [0.25, 0.3) is 0 Å². The molecule has 2 N–H and O–H groups in total. The average molecular weight is 399 g/mol. The van der Waals surface area contributed by atoms with Crippen LogP contribution in [-0.2, 0) is 12.4 Å². The molecule has 7 nitrogen and oxygen atoms in total. The zero-order valence-corrected chi connectivity index (χ0v) is 15.7. The SMILES string of the molecule is O=C(NCc1cn(-c2ccc3scnc3c2)nn1)Nc1cccc(CCl)c1. The number of urea groups is 1. The van der Waals surface area contributed by atoms with E-state index in [-0.39, 0.29) is 12.6 Å². The molecule has 0 saturated carbocycles. The molecule has 0 spiro atoms. The van der Waals surface area contributed by atoms with Gasteiger partial charge in [-0.1, -0.05) is 17.3 Å². The Balaban J connectivity index is 1.38.